The first-order valence-corrected chi connectivity index (χ1v) is 11.6. The van der Waals surface area contributed by atoms with Crippen molar-refractivity contribution in [3.8, 4) is 10.7 Å². The third-order valence-electron chi connectivity index (χ3n) is 4.82. The molecule has 3 aromatic heterocycles. The molecular weight excluding hydrogens is 459 g/mol. The minimum atomic E-state index is -0.583. The maximum absolute atomic E-state index is 13.6. The van der Waals surface area contributed by atoms with Crippen molar-refractivity contribution in [2.45, 2.75) is 24.0 Å². The molecule has 11 heteroatoms. The molecule has 0 atom stereocenters. The van der Waals surface area contributed by atoms with Crippen molar-refractivity contribution in [2.24, 2.45) is 0 Å². The molecule has 1 fully saturated rings. The zero-order chi connectivity index (χ0) is 21.5. The van der Waals surface area contributed by atoms with Crippen molar-refractivity contribution < 1.29 is 9.18 Å². The second kappa shape index (κ2) is 8.10. The first-order chi connectivity index (χ1) is 15.0. The number of fused-ring (bicyclic) bond motifs is 1. The number of halogens is 2. The van der Waals surface area contributed by atoms with Gasteiger partial charge in [0.05, 0.1) is 21.3 Å². The SMILES string of the molecule is Nc1c(-c2nnc(SCC(=O)Nc3ccc(Cl)c(F)c3)n2C2CC2)sc2ncccc12. The molecule has 0 bridgehead atoms. The van der Waals surface area contributed by atoms with Crippen LogP contribution in [0, 0.1) is 5.82 Å². The highest BCUT2D eigenvalue weighted by molar-refractivity contribution is 7.99. The number of nitrogen functional groups attached to an aromatic ring is 1. The number of thiophene rings is 1. The predicted molar refractivity (Wildman–Crippen MR) is 122 cm³/mol. The zero-order valence-electron chi connectivity index (χ0n) is 16.0. The minimum Gasteiger partial charge on any atom is -0.397 e. The summed E-state index contributed by atoms with van der Waals surface area (Å²) in [6, 6.07) is 8.23. The number of anilines is 2. The Labute approximate surface area is 189 Å². The lowest BCUT2D eigenvalue weighted by Crippen LogP contribution is -2.14. The Morgan fingerprint density at radius 3 is 2.94 bits per heavy atom. The Morgan fingerprint density at radius 2 is 2.19 bits per heavy atom. The van der Waals surface area contributed by atoms with Crippen molar-refractivity contribution >= 4 is 62.2 Å². The highest BCUT2D eigenvalue weighted by atomic mass is 35.5. The summed E-state index contributed by atoms with van der Waals surface area (Å²) < 4.78 is 15.6. The van der Waals surface area contributed by atoms with E-state index in [1.54, 1.807) is 12.3 Å². The van der Waals surface area contributed by atoms with E-state index in [1.165, 1.54) is 35.2 Å². The fourth-order valence-electron chi connectivity index (χ4n) is 3.21. The van der Waals surface area contributed by atoms with E-state index in [0.29, 0.717) is 28.4 Å². The first kappa shape index (κ1) is 20.2. The Balaban J connectivity index is 1.37. The number of carbonyl (C=O) groups excluding carboxylic acids is 1. The lowest BCUT2D eigenvalue weighted by Gasteiger charge is -2.09. The van der Waals surface area contributed by atoms with Crippen molar-refractivity contribution in [1.82, 2.24) is 19.7 Å². The number of pyridine rings is 1. The van der Waals surface area contributed by atoms with E-state index in [-0.39, 0.29) is 16.7 Å². The van der Waals surface area contributed by atoms with Crippen LogP contribution in [0.4, 0.5) is 15.8 Å². The maximum Gasteiger partial charge on any atom is 0.234 e. The van der Waals surface area contributed by atoms with Gasteiger partial charge in [-0.3, -0.25) is 9.36 Å². The van der Waals surface area contributed by atoms with Gasteiger partial charge >= 0.3 is 0 Å². The Morgan fingerprint density at radius 1 is 1.35 bits per heavy atom. The van der Waals surface area contributed by atoms with Gasteiger partial charge < -0.3 is 11.1 Å². The largest absolute Gasteiger partial charge is 0.397 e. The number of rotatable bonds is 6. The van der Waals surface area contributed by atoms with Gasteiger partial charge in [0.25, 0.3) is 0 Å². The zero-order valence-corrected chi connectivity index (χ0v) is 18.4. The molecule has 3 N–H and O–H groups in total. The van der Waals surface area contributed by atoms with Crippen LogP contribution in [0.2, 0.25) is 5.02 Å². The van der Waals surface area contributed by atoms with Crippen LogP contribution >= 0.6 is 34.7 Å². The average molecular weight is 475 g/mol. The van der Waals surface area contributed by atoms with Crippen LogP contribution in [0.1, 0.15) is 18.9 Å². The van der Waals surface area contributed by atoms with Gasteiger partial charge in [0.1, 0.15) is 10.6 Å². The molecule has 0 spiro atoms. The third-order valence-corrected chi connectivity index (χ3v) is 7.19. The van der Waals surface area contributed by atoms with Gasteiger partial charge in [-0.05, 0) is 43.2 Å². The standard InChI is InChI=1S/C20H16ClFN6OS2/c21-13-6-3-10(8-14(13)22)25-15(29)9-30-20-27-26-18(28(20)11-4-5-11)17-16(23)12-2-1-7-24-19(12)31-17/h1-3,6-8,11H,4-5,9,23H2,(H,25,29). The van der Waals surface area contributed by atoms with Gasteiger partial charge in [-0.25, -0.2) is 9.37 Å². The summed E-state index contributed by atoms with van der Waals surface area (Å²) >= 11 is 8.45. The van der Waals surface area contributed by atoms with E-state index in [1.807, 2.05) is 12.1 Å². The predicted octanol–water partition coefficient (Wildman–Crippen LogP) is 5.00. The van der Waals surface area contributed by atoms with Crippen LogP contribution < -0.4 is 11.1 Å². The van der Waals surface area contributed by atoms with Crippen LogP contribution in [0.15, 0.2) is 41.7 Å². The highest BCUT2D eigenvalue weighted by Crippen LogP contribution is 2.45. The van der Waals surface area contributed by atoms with Crippen LogP contribution in [-0.4, -0.2) is 31.4 Å². The van der Waals surface area contributed by atoms with Crippen LogP contribution in [0.25, 0.3) is 20.9 Å². The van der Waals surface area contributed by atoms with Crippen LogP contribution in [-0.2, 0) is 4.79 Å². The normalized spacial score (nSPS) is 13.6. The number of nitrogens with one attached hydrogen (secondary N) is 1. The number of hydrogen-bond acceptors (Lipinski definition) is 7. The third kappa shape index (κ3) is 3.98. The number of benzene rings is 1. The molecule has 7 nitrogen and oxygen atoms in total. The summed E-state index contributed by atoms with van der Waals surface area (Å²) in [5, 5.41) is 12.9. The number of aromatic nitrogens is 4. The van der Waals surface area contributed by atoms with Gasteiger partial charge in [0, 0.05) is 23.3 Å². The fourth-order valence-corrected chi connectivity index (χ4v) is 5.18. The van der Waals surface area contributed by atoms with E-state index < -0.39 is 5.82 Å². The number of carbonyl (C=O) groups is 1. The lowest BCUT2D eigenvalue weighted by atomic mass is 10.2. The molecule has 5 rings (SSSR count). The summed E-state index contributed by atoms with van der Waals surface area (Å²) in [7, 11) is 0. The maximum atomic E-state index is 13.6. The molecule has 158 valence electrons. The van der Waals surface area contributed by atoms with Gasteiger partial charge in [-0.1, -0.05) is 23.4 Å². The molecular formula is C20H16ClFN6OS2. The number of hydrogen-bond donors (Lipinski definition) is 2. The molecule has 0 saturated heterocycles. The van der Waals surface area contributed by atoms with Crippen LogP contribution in [0.5, 0.6) is 0 Å². The molecule has 0 radical (unpaired) electrons. The number of amides is 1. The molecule has 31 heavy (non-hydrogen) atoms. The molecule has 0 aliphatic heterocycles. The van der Waals surface area contributed by atoms with E-state index >= 15 is 0 Å². The number of nitrogens with zero attached hydrogens (tertiary/aromatic N) is 4. The summed E-state index contributed by atoms with van der Waals surface area (Å²) in [6.45, 7) is 0. The highest BCUT2D eigenvalue weighted by Gasteiger charge is 2.32. The first-order valence-electron chi connectivity index (χ1n) is 9.47. The second-order valence-electron chi connectivity index (χ2n) is 7.07. The van der Waals surface area contributed by atoms with Crippen LogP contribution in [0.3, 0.4) is 0 Å². The lowest BCUT2D eigenvalue weighted by molar-refractivity contribution is -0.113. The molecule has 1 amide bonds. The second-order valence-corrected chi connectivity index (χ2v) is 9.42. The van der Waals surface area contributed by atoms with Gasteiger partial charge in [0.2, 0.25) is 5.91 Å². The summed E-state index contributed by atoms with van der Waals surface area (Å²) in [4.78, 5) is 18.4. The van der Waals surface area contributed by atoms with E-state index in [2.05, 4.69) is 25.1 Å². The van der Waals surface area contributed by atoms with Crippen molar-refractivity contribution in [1.29, 1.82) is 0 Å². The number of nitrogens with two attached hydrogens (primary N) is 1. The Kier molecular flexibility index (Phi) is 5.28. The average Bonchev–Trinajstić information content (AvgIpc) is 3.43. The van der Waals surface area contributed by atoms with E-state index in [9.17, 15) is 9.18 Å². The van der Waals surface area contributed by atoms with Gasteiger partial charge in [0.15, 0.2) is 11.0 Å². The number of thioether (sulfide) groups is 1. The topological polar surface area (TPSA) is 98.7 Å². The molecule has 3 heterocycles. The monoisotopic (exact) mass is 474 g/mol. The molecule has 1 saturated carbocycles. The molecule has 1 aliphatic carbocycles. The fraction of sp³-hybridized carbons (Fsp3) is 0.200. The van der Waals surface area contributed by atoms with E-state index in [0.717, 1.165) is 27.9 Å². The molecule has 1 aromatic carbocycles. The molecule has 1 aliphatic rings. The van der Waals surface area contributed by atoms with Gasteiger partial charge in [-0.15, -0.1) is 21.5 Å². The molecule has 0 unspecified atom stereocenters. The van der Waals surface area contributed by atoms with Crippen molar-refractivity contribution in [3.63, 3.8) is 0 Å². The Bertz CT molecular complexity index is 1300. The summed E-state index contributed by atoms with van der Waals surface area (Å²) in [5.74, 6) is -0.0472. The van der Waals surface area contributed by atoms with Crippen molar-refractivity contribution in [3.05, 3.63) is 47.4 Å². The van der Waals surface area contributed by atoms with E-state index in [4.69, 9.17) is 17.3 Å². The summed E-state index contributed by atoms with van der Waals surface area (Å²) in [6.07, 6.45) is 3.79. The summed E-state index contributed by atoms with van der Waals surface area (Å²) in [5.41, 5.74) is 7.37. The van der Waals surface area contributed by atoms with Gasteiger partial charge in [-0.2, -0.15) is 0 Å². The molecule has 4 aromatic rings. The smallest absolute Gasteiger partial charge is 0.234 e. The quantitative estimate of drug-likeness (QED) is 0.382. The van der Waals surface area contributed by atoms with Crippen molar-refractivity contribution in [2.75, 3.05) is 16.8 Å². The Hall–Kier alpha value is -2.69. The minimum absolute atomic E-state index is 0.00755.